The fraction of sp³-hybridized carbons (Fsp3) is 0.158. The number of aliphatic hydroxyl groups is 1. The van der Waals surface area contributed by atoms with Gasteiger partial charge in [0.15, 0.2) is 0 Å². The lowest BCUT2D eigenvalue weighted by Gasteiger charge is -2.18. The van der Waals surface area contributed by atoms with Gasteiger partial charge in [0.2, 0.25) is 0 Å². The molecule has 0 atom stereocenters. The molecule has 0 saturated heterocycles. The zero-order valence-electron chi connectivity index (χ0n) is 13.5. The molecule has 0 radical (unpaired) electrons. The minimum absolute atomic E-state index is 0.0717. The summed E-state index contributed by atoms with van der Waals surface area (Å²) in [4.78, 5) is 27.6. The second kappa shape index (κ2) is 7.44. The molecule has 1 aliphatic heterocycles. The first-order valence-corrected chi connectivity index (χ1v) is 9.09. The molecular weight excluding hydrogens is 358 g/mol. The van der Waals surface area contributed by atoms with E-state index >= 15 is 0 Å². The molecule has 2 amide bonds. The zero-order valence-corrected chi connectivity index (χ0v) is 15.1. The van der Waals surface area contributed by atoms with Crippen molar-refractivity contribution < 1.29 is 14.7 Å². The summed E-state index contributed by atoms with van der Waals surface area (Å²) < 4.78 is 0. The molecule has 2 aromatic carbocycles. The smallest absolute Gasteiger partial charge is 0.272 e. The van der Waals surface area contributed by atoms with Gasteiger partial charge in [-0.2, -0.15) is 0 Å². The van der Waals surface area contributed by atoms with Crippen molar-refractivity contribution in [3.8, 4) is 0 Å². The van der Waals surface area contributed by atoms with Crippen molar-refractivity contribution in [1.82, 2.24) is 0 Å². The molecule has 25 heavy (non-hydrogen) atoms. The fourth-order valence-corrected chi connectivity index (χ4v) is 3.83. The van der Waals surface area contributed by atoms with Gasteiger partial charge in [-0.05, 0) is 36.2 Å². The summed E-state index contributed by atoms with van der Waals surface area (Å²) in [6.45, 7) is 1.74. The van der Waals surface area contributed by atoms with Crippen LogP contribution in [0.5, 0.6) is 0 Å². The van der Waals surface area contributed by atoms with Crippen molar-refractivity contribution >= 4 is 46.4 Å². The third-order valence-electron chi connectivity index (χ3n) is 3.84. The van der Waals surface area contributed by atoms with Gasteiger partial charge < -0.3 is 5.11 Å². The van der Waals surface area contributed by atoms with E-state index in [0.29, 0.717) is 32.5 Å². The molecule has 1 heterocycles. The van der Waals surface area contributed by atoms with E-state index in [4.69, 9.17) is 16.7 Å². The highest BCUT2D eigenvalue weighted by molar-refractivity contribution is 8.04. The Kier molecular flexibility index (Phi) is 5.27. The Balaban J connectivity index is 2.09. The summed E-state index contributed by atoms with van der Waals surface area (Å²) in [5.74, 6) is -0.382. The van der Waals surface area contributed by atoms with Crippen LogP contribution in [0.3, 0.4) is 0 Å². The summed E-state index contributed by atoms with van der Waals surface area (Å²) in [6, 6.07) is 14.2. The number of carbonyl (C=O) groups is 2. The molecule has 0 spiro atoms. The predicted molar refractivity (Wildman–Crippen MR) is 102 cm³/mol. The molecule has 0 aromatic heterocycles. The molecule has 3 rings (SSSR count). The Morgan fingerprint density at radius 2 is 1.80 bits per heavy atom. The zero-order chi connectivity index (χ0) is 18.0. The Morgan fingerprint density at radius 1 is 1.08 bits per heavy atom. The van der Waals surface area contributed by atoms with Crippen molar-refractivity contribution in [3.05, 3.63) is 69.6 Å². The maximum atomic E-state index is 13.1. The number of halogens is 1. The van der Waals surface area contributed by atoms with E-state index in [-0.39, 0.29) is 18.4 Å². The molecule has 6 heteroatoms. The van der Waals surface area contributed by atoms with E-state index in [0.717, 1.165) is 5.56 Å². The molecular formula is C19H16ClNO3S. The third-order valence-corrected chi connectivity index (χ3v) is 5.13. The summed E-state index contributed by atoms with van der Waals surface area (Å²) >= 11 is 7.19. The number of nitrogens with zero attached hydrogens (tertiary/aromatic N) is 1. The first-order chi connectivity index (χ1) is 12.0. The van der Waals surface area contributed by atoms with Gasteiger partial charge in [0.1, 0.15) is 0 Å². The molecule has 0 fully saturated rings. The van der Waals surface area contributed by atoms with E-state index < -0.39 is 0 Å². The van der Waals surface area contributed by atoms with Crippen molar-refractivity contribution in [2.24, 2.45) is 0 Å². The highest BCUT2D eigenvalue weighted by atomic mass is 35.5. The number of hydrogen-bond donors (Lipinski definition) is 1. The van der Waals surface area contributed by atoms with Crippen molar-refractivity contribution in [2.75, 3.05) is 17.3 Å². The number of hydrogen-bond acceptors (Lipinski definition) is 4. The lowest BCUT2D eigenvalue weighted by atomic mass is 10.1. The van der Waals surface area contributed by atoms with E-state index in [1.807, 2.05) is 25.1 Å². The average molecular weight is 374 g/mol. The second-order valence-electron chi connectivity index (χ2n) is 5.52. The summed E-state index contributed by atoms with van der Waals surface area (Å²) in [6.07, 6.45) is 0. The summed E-state index contributed by atoms with van der Waals surface area (Å²) in [5.41, 5.74) is 2.33. The van der Waals surface area contributed by atoms with Crippen molar-refractivity contribution in [1.29, 1.82) is 0 Å². The van der Waals surface area contributed by atoms with Gasteiger partial charge >= 0.3 is 0 Å². The molecule has 1 aliphatic rings. The number of imide groups is 1. The third kappa shape index (κ3) is 3.35. The summed E-state index contributed by atoms with van der Waals surface area (Å²) in [5, 5.41) is 9.67. The van der Waals surface area contributed by atoms with Crippen LogP contribution in [0.2, 0.25) is 5.02 Å². The van der Waals surface area contributed by atoms with Gasteiger partial charge in [0, 0.05) is 10.8 Å². The fourth-order valence-electron chi connectivity index (χ4n) is 2.74. The van der Waals surface area contributed by atoms with Crippen LogP contribution in [0.4, 0.5) is 5.69 Å². The molecule has 0 aliphatic carbocycles. The molecule has 0 unspecified atom stereocenters. The highest BCUT2D eigenvalue weighted by Gasteiger charge is 2.40. The summed E-state index contributed by atoms with van der Waals surface area (Å²) in [7, 11) is 0. The number of anilines is 1. The van der Waals surface area contributed by atoms with Crippen molar-refractivity contribution in [2.45, 2.75) is 6.92 Å². The Hall–Kier alpha value is -2.08. The number of thioether (sulfide) groups is 1. The Bertz CT molecular complexity index is 864. The molecule has 128 valence electrons. The highest BCUT2D eigenvalue weighted by Crippen LogP contribution is 2.39. The number of aliphatic hydroxyl groups excluding tert-OH is 1. The van der Waals surface area contributed by atoms with E-state index in [9.17, 15) is 9.59 Å². The topological polar surface area (TPSA) is 57.6 Å². The van der Waals surface area contributed by atoms with Gasteiger partial charge in [0.25, 0.3) is 11.8 Å². The van der Waals surface area contributed by atoms with Gasteiger partial charge in [-0.25, -0.2) is 4.90 Å². The quantitative estimate of drug-likeness (QED) is 0.812. The van der Waals surface area contributed by atoms with Crippen LogP contribution in [0.1, 0.15) is 11.1 Å². The normalized spacial score (nSPS) is 14.6. The lowest BCUT2D eigenvalue weighted by molar-refractivity contribution is -0.119. The molecule has 1 N–H and O–H groups in total. The average Bonchev–Trinajstić information content (AvgIpc) is 2.84. The standard InChI is InChI=1S/C19H16ClNO3S/c1-12-11-14(20)7-8-15(12)21-18(23)16(13-5-3-2-4-6-13)17(19(21)24)25-10-9-22/h2-8,11,22H,9-10H2,1H3. The van der Waals surface area contributed by atoms with Crippen LogP contribution in [-0.2, 0) is 9.59 Å². The minimum Gasteiger partial charge on any atom is -0.396 e. The van der Waals surface area contributed by atoms with Crippen LogP contribution in [-0.4, -0.2) is 29.3 Å². The predicted octanol–water partition coefficient (Wildman–Crippen LogP) is 3.66. The number of carbonyl (C=O) groups excluding carboxylic acids is 2. The Labute approximate surface area is 155 Å². The molecule has 0 bridgehead atoms. The number of aryl methyl sites for hydroxylation is 1. The Morgan fingerprint density at radius 3 is 2.44 bits per heavy atom. The monoisotopic (exact) mass is 373 g/mol. The van der Waals surface area contributed by atoms with Crippen LogP contribution in [0.25, 0.3) is 5.57 Å². The van der Waals surface area contributed by atoms with Gasteiger partial charge in [0.05, 0.1) is 22.8 Å². The SMILES string of the molecule is Cc1cc(Cl)ccc1N1C(=O)C(SCCO)=C(c2ccccc2)C1=O. The maximum Gasteiger partial charge on any atom is 0.272 e. The van der Waals surface area contributed by atoms with E-state index in [1.54, 1.807) is 30.3 Å². The largest absolute Gasteiger partial charge is 0.396 e. The maximum absolute atomic E-state index is 13.1. The van der Waals surface area contributed by atoms with Gasteiger partial charge in [-0.1, -0.05) is 41.9 Å². The molecule has 4 nitrogen and oxygen atoms in total. The lowest BCUT2D eigenvalue weighted by Crippen LogP contribution is -2.32. The first kappa shape index (κ1) is 17.7. The van der Waals surface area contributed by atoms with Gasteiger partial charge in [-0.3, -0.25) is 9.59 Å². The van der Waals surface area contributed by atoms with Crippen LogP contribution in [0.15, 0.2) is 53.4 Å². The van der Waals surface area contributed by atoms with Crippen LogP contribution < -0.4 is 4.90 Å². The number of rotatable bonds is 5. The van der Waals surface area contributed by atoms with Crippen molar-refractivity contribution in [3.63, 3.8) is 0 Å². The van der Waals surface area contributed by atoms with Crippen LogP contribution in [0, 0.1) is 6.92 Å². The van der Waals surface area contributed by atoms with Crippen LogP contribution >= 0.6 is 23.4 Å². The second-order valence-corrected chi connectivity index (χ2v) is 7.06. The van der Waals surface area contributed by atoms with E-state index in [1.165, 1.54) is 16.7 Å². The number of amides is 2. The van der Waals surface area contributed by atoms with E-state index in [2.05, 4.69) is 0 Å². The van der Waals surface area contributed by atoms with Gasteiger partial charge in [-0.15, -0.1) is 11.8 Å². The molecule has 2 aromatic rings. The number of benzene rings is 2. The first-order valence-electron chi connectivity index (χ1n) is 7.73. The minimum atomic E-state index is -0.368. The molecule has 0 saturated carbocycles.